The maximum absolute atomic E-state index is 11.2. The zero-order chi connectivity index (χ0) is 10.2. The zero-order valence-corrected chi connectivity index (χ0v) is 11.5. The molecule has 1 rings (SSSR count). The van der Waals surface area contributed by atoms with E-state index in [9.17, 15) is 8.42 Å². The zero-order valence-electron chi connectivity index (χ0n) is 6.58. The van der Waals surface area contributed by atoms with Gasteiger partial charge < -0.3 is 0 Å². The van der Waals surface area contributed by atoms with Crippen molar-refractivity contribution in [3.05, 3.63) is 21.1 Å². The molecule has 13 heavy (non-hydrogen) atoms. The molecule has 0 aromatic heterocycles. The van der Waals surface area contributed by atoms with Crippen LogP contribution in [0, 0.1) is 0 Å². The monoisotopic (exact) mass is 344 g/mol. The molecule has 2 nitrogen and oxygen atoms in total. The van der Waals surface area contributed by atoms with Gasteiger partial charge in [0.1, 0.15) is 0 Å². The molecule has 1 aromatic carbocycles. The molecule has 0 saturated carbocycles. The summed E-state index contributed by atoms with van der Waals surface area (Å²) in [5, 5.41) is 0. The van der Waals surface area contributed by atoms with Crippen LogP contribution in [0.2, 0.25) is 0 Å². The number of rotatable bonds is 1. The summed E-state index contributed by atoms with van der Waals surface area (Å²) in [6, 6.07) is 3.06. The van der Waals surface area contributed by atoms with Gasteiger partial charge in [0, 0.05) is 20.1 Å². The predicted molar refractivity (Wildman–Crippen MR) is 62.2 cm³/mol. The molecule has 0 saturated heterocycles. The standard InChI is InChI=1S/C7H6Br2O2S2/c1-13(10,11)4-2-5(8)7(12)6(9)3-4/h2-3,12H,1H3. The molecule has 0 atom stereocenters. The van der Waals surface area contributed by atoms with Crippen molar-refractivity contribution in [1.82, 2.24) is 0 Å². The van der Waals surface area contributed by atoms with Crippen LogP contribution < -0.4 is 0 Å². The number of thiol groups is 1. The Morgan fingerprint density at radius 2 is 1.62 bits per heavy atom. The third-order valence-corrected chi connectivity index (χ3v) is 4.86. The minimum absolute atomic E-state index is 0.268. The number of benzene rings is 1. The Kier molecular flexibility index (Phi) is 3.49. The van der Waals surface area contributed by atoms with Crippen molar-refractivity contribution in [3.63, 3.8) is 0 Å². The first-order valence-corrected chi connectivity index (χ1v) is 7.13. The first kappa shape index (κ1) is 11.6. The van der Waals surface area contributed by atoms with E-state index in [1.807, 2.05) is 0 Å². The Morgan fingerprint density at radius 1 is 1.23 bits per heavy atom. The fraction of sp³-hybridized carbons (Fsp3) is 0.143. The van der Waals surface area contributed by atoms with E-state index < -0.39 is 9.84 Å². The van der Waals surface area contributed by atoms with Gasteiger partial charge in [-0.1, -0.05) is 0 Å². The Labute approximate surface area is 99.3 Å². The Morgan fingerprint density at radius 3 is 1.92 bits per heavy atom. The average Bonchev–Trinajstić information content (AvgIpc) is 1.97. The van der Waals surface area contributed by atoms with Crippen LogP contribution in [0.3, 0.4) is 0 Å². The van der Waals surface area contributed by atoms with Crippen molar-refractivity contribution in [1.29, 1.82) is 0 Å². The molecule has 0 aliphatic rings. The first-order valence-electron chi connectivity index (χ1n) is 3.20. The second kappa shape index (κ2) is 3.92. The maximum atomic E-state index is 11.2. The minimum atomic E-state index is -3.16. The normalized spacial score (nSPS) is 11.7. The SMILES string of the molecule is CS(=O)(=O)c1cc(Br)c(S)c(Br)c1. The van der Waals surface area contributed by atoms with Gasteiger partial charge in [0.25, 0.3) is 0 Å². The van der Waals surface area contributed by atoms with Crippen molar-refractivity contribution in [2.24, 2.45) is 0 Å². The van der Waals surface area contributed by atoms with Gasteiger partial charge in [-0.05, 0) is 44.0 Å². The summed E-state index contributed by atoms with van der Waals surface area (Å²) in [6.07, 6.45) is 1.17. The van der Waals surface area contributed by atoms with Crippen molar-refractivity contribution in [2.45, 2.75) is 9.79 Å². The molecule has 0 fully saturated rings. The lowest BCUT2D eigenvalue weighted by molar-refractivity contribution is 0.601. The number of sulfone groups is 1. The van der Waals surface area contributed by atoms with E-state index in [-0.39, 0.29) is 4.90 Å². The molecule has 0 heterocycles. The molecule has 0 amide bonds. The lowest BCUT2D eigenvalue weighted by Gasteiger charge is -2.04. The molecule has 0 unspecified atom stereocenters. The van der Waals surface area contributed by atoms with Gasteiger partial charge in [0.2, 0.25) is 0 Å². The van der Waals surface area contributed by atoms with Crippen LogP contribution in [-0.4, -0.2) is 14.7 Å². The maximum Gasteiger partial charge on any atom is 0.175 e. The van der Waals surface area contributed by atoms with Crippen LogP contribution in [0.4, 0.5) is 0 Å². The Hall–Kier alpha value is 0.480. The van der Waals surface area contributed by atoms with Crippen molar-refractivity contribution in [2.75, 3.05) is 6.26 Å². The Bertz CT molecular complexity index is 417. The van der Waals surface area contributed by atoms with E-state index in [1.165, 1.54) is 18.4 Å². The highest BCUT2D eigenvalue weighted by molar-refractivity contribution is 9.11. The van der Waals surface area contributed by atoms with Gasteiger partial charge >= 0.3 is 0 Å². The van der Waals surface area contributed by atoms with Crippen LogP contribution >= 0.6 is 44.5 Å². The number of hydrogen-bond donors (Lipinski definition) is 1. The Balaban J connectivity index is 3.47. The second-order valence-corrected chi connectivity index (χ2v) is 6.68. The summed E-state index contributed by atoms with van der Waals surface area (Å²) in [5.74, 6) is 0. The fourth-order valence-electron chi connectivity index (χ4n) is 0.756. The predicted octanol–water partition coefficient (Wildman–Crippen LogP) is 2.90. The van der Waals surface area contributed by atoms with Gasteiger partial charge in [0.05, 0.1) is 4.90 Å². The number of hydrogen-bond acceptors (Lipinski definition) is 3. The molecule has 0 aliphatic heterocycles. The third-order valence-electron chi connectivity index (χ3n) is 1.42. The highest BCUT2D eigenvalue weighted by Crippen LogP contribution is 2.31. The molecule has 0 spiro atoms. The van der Waals surface area contributed by atoms with Crippen molar-refractivity contribution < 1.29 is 8.42 Å². The smallest absolute Gasteiger partial charge is 0.175 e. The molecule has 72 valence electrons. The lowest BCUT2D eigenvalue weighted by Crippen LogP contribution is -1.97. The first-order chi connectivity index (χ1) is 5.82. The van der Waals surface area contributed by atoms with E-state index in [1.54, 1.807) is 0 Å². The van der Waals surface area contributed by atoms with E-state index in [2.05, 4.69) is 44.5 Å². The summed E-state index contributed by atoms with van der Waals surface area (Å²) in [6.45, 7) is 0. The third kappa shape index (κ3) is 2.71. The molecule has 6 heteroatoms. The van der Waals surface area contributed by atoms with Gasteiger partial charge in [-0.2, -0.15) is 0 Å². The molecule has 0 N–H and O–H groups in total. The van der Waals surface area contributed by atoms with Crippen molar-refractivity contribution in [3.8, 4) is 0 Å². The highest BCUT2D eigenvalue weighted by atomic mass is 79.9. The van der Waals surface area contributed by atoms with E-state index >= 15 is 0 Å². The van der Waals surface area contributed by atoms with Crippen LogP contribution in [0.15, 0.2) is 30.9 Å². The largest absolute Gasteiger partial charge is 0.224 e. The van der Waals surface area contributed by atoms with E-state index in [4.69, 9.17) is 0 Å². The molecule has 0 aliphatic carbocycles. The molecular formula is C7H6Br2O2S2. The molecule has 0 radical (unpaired) electrons. The average molecular weight is 346 g/mol. The number of halogens is 2. The summed E-state index contributed by atoms with van der Waals surface area (Å²) >= 11 is 10.6. The summed E-state index contributed by atoms with van der Waals surface area (Å²) < 4.78 is 23.7. The molecule has 1 aromatic rings. The summed E-state index contributed by atoms with van der Waals surface area (Å²) in [7, 11) is -3.16. The topological polar surface area (TPSA) is 34.1 Å². The van der Waals surface area contributed by atoms with Gasteiger partial charge in [0.15, 0.2) is 9.84 Å². The van der Waals surface area contributed by atoms with E-state index in [0.717, 1.165) is 0 Å². The van der Waals surface area contributed by atoms with Crippen LogP contribution in [0.25, 0.3) is 0 Å². The quantitative estimate of drug-likeness (QED) is 0.794. The molecular weight excluding hydrogens is 340 g/mol. The minimum Gasteiger partial charge on any atom is -0.224 e. The van der Waals surface area contributed by atoms with Crippen LogP contribution in [-0.2, 0) is 9.84 Å². The second-order valence-electron chi connectivity index (χ2n) is 2.51. The lowest BCUT2D eigenvalue weighted by atomic mass is 10.4. The summed E-state index contributed by atoms with van der Waals surface area (Å²) in [4.78, 5) is 0.955. The molecule has 0 bridgehead atoms. The van der Waals surface area contributed by atoms with Crippen LogP contribution in [0.5, 0.6) is 0 Å². The van der Waals surface area contributed by atoms with E-state index in [0.29, 0.717) is 13.8 Å². The summed E-state index contributed by atoms with van der Waals surface area (Å²) in [5.41, 5.74) is 0. The van der Waals surface area contributed by atoms with Crippen LogP contribution in [0.1, 0.15) is 0 Å². The fourth-order valence-corrected chi connectivity index (χ4v) is 3.04. The highest BCUT2D eigenvalue weighted by Gasteiger charge is 2.11. The van der Waals surface area contributed by atoms with Crippen molar-refractivity contribution >= 4 is 54.3 Å². The van der Waals surface area contributed by atoms with Gasteiger partial charge in [-0.15, -0.1) is 12.6 Å². The van der Waals surface area contributed by atoms with Gasteiger partial charge in [-0.25, -0.2) is 8.42 Å². The van der Waals surface area contributed by atoms with Gasteiger partial charge in [-0.3, -0.25) is 0 Å².